The number of methoxy groups -OCH3 is 2. The monoisotopic (exact) mass is 300 g/mol. The largest absolute Gasteiger partial charge is 0.493 e. The fraction of sp³-hybridized carbons (Fsp3) is 0.500. The molecule has 112 valence electrons. The van der Waals surface area contributed by atoms with E-state index in [2.05, 4.69) is 10.6 Å². The zero-order valence-electron chi connectivity index (χ0n) is 11.8. The lowest BCUT2D eigenvalue weighted by Crippen LogP contribution is -2.27. The summed E-state index contributed by atoms with van der Waals surface area (Å²) in [5.41, 5.74) is 0.723. The maximum atomic E-state index is 11.9. The zero-order chi connectivity index (χ0) is 13.7. The molecule has 1 aromatic rings. The van der Waals surface area contributed by atoms with Crippen LogP contribution in [0.3, 0.4) is 0 Å². The van der Waals surface area contributed by atoms with Crippen LogP contribution in [0.4, 0.5) is 5.69 Å². The Hall–Kier alpha value is -1.46. The Balaban J connectivity index is 0.00000200. The number of halogens is 1. The molecule has 0 bridgehead atoms. The maximum absolute atomic E-state index is 11.9. The minimum Gasteiger partial charge on any atom is -0.493 e. The van der Waals surface area contributed by atoms with Crippen LogP contribution in [0.5, 0.6) is 11.5 Å². The second-order valence-corrected chi connectivity index (χ2v) is 4.62. The summed E-state index contributed by atoms with van der Waals surface area (Å²) in [4.78, 5) is 11.9. The number of benzene rings is 1. The van der Waals surface area contributed by atoms with Crippen LogP contribution in [-0.4, -0.2) is 32.7 Å². The average molecular weight is 301 g/mol. The Bertz CT molecular complexity index is 448. The van der Waals surface area contributed by atoms with Crippen molar-refractivity contribution >= 4 is 24.0 Å². The number of rotatable bonds is 5. The van der Waals surface area contributed by atoms with Crippen LogP contribution >= 0.6 is 12.4 Å². The molecular weight excluding hydrogens is 280 g/mol. The molecule has 1 aromatic carbocycles. The Morgan fingerprint density at radius 2 is 2.10 bits per heavy atom. The van der Waals surface area contributed by atoms with Gasteiger partial charge in [0.05, 0.1) is 14.2 Å². The van der Waals surface area contributed by atoms with Gasteiger partial charge in [0.1, 0.15) is 0 Å². The summed E-state index contributed by atoms with van der Waals surface area (Å²) in [6, 6.07) is 5.66. The van der Waals surface area contributed by atoms with Crippen molar-refractivity contribution < 1.29 is 14.3 Å². The number of hydrogen-bond acceptors (Lipinski definition) is 4. The van der Waals surface area contributed by atoms with Crippen molar-refractivity contribution in [2.24, 2.45) is 0 Å². The first-order chi connectivity index (χ1) is 9.22. The van der Waals surface area contributed by atoms with E-state index in [1.807, 2.05) is 0 Å². The molecule has 2 rings (SSSR count). The van der Waals surface area contributed by atoms with Crippen LogP contribution < -0.4 is 20.1 Å². The Kier molecular flexibility index (Phi) is 6.61. The molecule has 1 unspecified atom stereocenters. The summed E-state index contributed by atoms with van der Waals surface area (Å²) in [7, 11) is 3.16. The fourth-order valence-corrected chi connectivity index (χ4v) is 2.28. The van der Waals surface area contributed by atoms with Gasteiger partial charge in [0.2, 0.25) is 5.91 Å². The first kappa shape index (κ1) is 16.6. The Morgan fingerprint density at radius 3 is 2.70 bits per heavy atom. The molecule has 1 amide bonds. The number of anilines is 1. The van der Waals surface area contributed by atoms with Gasteiger partial charge in [-0.2, -0.15) is 0 Å². The van der Waals surface area contributed by atoms with E-state index in [1.165, 1.54) is 0 Å². The third-order valence-electron chi connectivity index (χ3n) is 3.26. The molecule has 1 fully saturated rings. The zero-order valence-corrected chi connectivity index (χ0v) is 12.6. The van der Waals surface area contributed by atoms with Gasteiger partial charge in [-0.15, -0.1) is 12.4 Å². The van der Waals surface area contributed by atoms with Crippen LogP contribution in [0.15, 0.2) is 18.2 Å². The van der Waals surface area contributed by atoms with E-state index in [0.29, 0.717) is 24.0 Å². The minimum absolute atomic E-state index is 0. The van der Waals surface area contributed by atoms with Crippen LogP contribution in [0.25, 0.3) is 0 Å². The number of ether oxygens (including phenoxy) is 2. The average Bonchev–Trinajstić information content (AvgIpc) is 2.91. The molecule has 1 saturated heterocycles. The smallest absolute Gasteiger partial charge is 0.225 e. The Morgan fingerprint density at radius 1 is 1.35 bits per heavy atom. The van der Waals surface area contributed by atoms with Crippen molar-refractivity contribution in [1.82, 2.24) is 5.32 Å². The lowest BCUT2D eigenvalue weighted by atomic mass is 10.1. The highest BCUT2D eigenvalue weighted by molar-refractivity contribution is 5.91. The van der Waals surface area contributed by atoms with Crippen molar-refractivity contribution in [1.29, 1.82) is 0 Å². The van der Waals surface area contributed by atoms with Gasteiger partial charge in [0.15, 0.2) is 11.5 Å². The lowest BCUT2D eigenvalue weighted by Gasteiger charge is -2.12. The normalized spacial score (nSPS) is 17.2. The van der Waals surface area contributed by atoms with Gasteiger partial charge in [-0.25, -0.2) is 0 Å². The molecule has 0 radical (unpaired) electrons. The van der Waals surface area contributed by atoms with Gasteiger partial charge in [-0.1, -0.05) is 0 Å². The molecule has 0 aliphatic carbocycles. The van der Waals surface area contributed by atoms with Crippen LogP contribution in [-0.2, 0) is 4.79 Å². The van der Waals surface area contributed by atoms with Gasteiger partial charge in [-0.3, -0.25) is 4.79 Å². The molecule has 1 heterocycles. The van der Waals surface area contributed by atoms with Crippen LogP contribution in [0, 0.1) is 0 Å². The SMILES string of the molecule is COc1ccc(NC(=O)CC2CCCN2)cc1OC.Cl. The summed E-state index contributed by atoms with van der Waals surface area (Å²) in [6.45, 7) is 1.01. The van der Waals surface area contributed by atoms with E-state index in [0.717, 1.165) is 25.1 Å². The number of amides is 1. The summed E-state index contributed by atoms with van der Waals surface area (Å²) >= 11 is 0. The quantitative estimate of drug-likeness (QED) is 0.875. The van der Waals surface area contributed by atoms with Gasteiger partial charge >= 0.3 is 0 Å². The molecule has 1 atom stereocenters. The third-order valence-corrected chi connectivity index (χ3v) is 3.26. The van der Waals surface area contributed by atoms with E-state index < -0.39 is 0 Å². The van der Waals surface area contributed by atoms with E-state index in [4.69, 9.17) is 9.47 Å². The number of carbonyl (C=O) groups excluding carboxylic acids is 1. The highest BCUT2D eigenvalue weighted by atomic mass is 35.5. The molecule has 1 aliphatic heterocycles. The molecule has 20 heavy (non-hydrogen) atoms. The van der Waals surface area contributed by atoms with Crippen molar-refractivity contribution in [2.75, 3.05) is 26.1 Å². The number of hydrogen-bond donors (Lipinski definition) is 2. The van der Waals surface area contributed by atoms with Crippen molar-refractivity contribution in [3.8, 4) is 11.5 Å². The predicted molar refractivity (Wildman–Crippen MR) is 81.1 cm³/mol. The number of nitrogens with one attached hydrogen (secondary N) is 2. The molecule has 6 heteroatoms. The Labute approximate surface area is 125 Å². The van der Waals surface area contributed by atoms with Gasteiger partial charge < -0.3 is 20.1 Å². The molecule has 1 aliphatic rings. The second kappa shape index (κ2) is 7.97. The molecule has 0 spiro atoms. The van der Waals surface area contributed by atoms with E-state index >= 15 is 0 Å². The summed E-state index contributed by atoms with van der Waals surface area (Å²) in [5.74, 6) is 1.28. The molecule has 0 saturated carbocycles. The van der Waals surface area contributed by atoms with Gasteiger partial charge in [0.25, 0.3) is 0 Å². The molecular formula is C14H21ClN2O3. The molecule has 0 aromatic heterocycles. The van der Waals surface area contributed by atoms with Crippen molar-refractivity contribution in [3.05, 3.63) is 18.2 Å². The van der Waals surface area contributed by atoms with Crippen molar-refractivity contribution in [3.63, 3.8) is 0 Å². The van der Waals surface area contributed by atoms with Gasteiger partial charge in [0, 0.05) is 24.2 Å². The van der Waals surface area contributed by atoms with Crippen LogP contribution in [0.2, 0.25) is 0 Å². The first-order valence-corrected chi connectivity index (χ1v) is 6.48. The fourth-order valence-electron chi connectivity index (χ4n) is 2.28. The van der Waals surface area contributed by atoms with Gasteiger partial charge in [-0.05, 0) is 31.5 Å². The van der Waals surface area contributed by atoms with E-state index in [9.17, 15) is 4.79 Å². The van der Waals surface area contributed by atoms with E-state index in [1.54, 1.807) is 32.4 Å². The number of carbonyl (C=O) groups is 1. The van der Waals surface area contributed by atoms with E-state index in [-0.39, 0.29) is 18.3 Å². The van der Waals surface area contributed by atoms with Crippen LogP contribution in [0.1, 0.15) is 19.3 Å². The summed E-state index contributed by atoms with van der Waals surface area (Å²) < 4.78 is 10.4. The topological polar surface area (TPSA) is 59.6 Å². The maximum Gasteiger partial charge on any atom is 0.225 e. The highest BCUT2D eigenvalue weighted by Crippen LogP contribution is 2.29. The highest BCUT2D eigenvalue weighted by Gasteiger charge is 2.17. The molecule has 5 nitrogen and oxygen atoms in total. The minimum atomic E-state index is 0. The predicted octanol–water partition coefficient (Wildman–Crippen LogP) is 2.21. The first-order valence-electron chi connectivity index (χ1n) is 6.48. The molecule has 2 N–H and O–H groups in total. The van der Waals surface area contributed by atoms with Crippen molar-refractivity contribution in [2.45, 2.75) is 25.3 Å². The third kappa shape index (κ3) is 4.28. The lowest BCUT2D eigenvalue weighted by molar-refractivity contribution is -0.116. The standard InChI is InChI=1S/C14H20N2O3.ClH/c1-18-12-6-5-11(8-13(12)19-2)16-14(17)9-10-4-3-7-15-10;/h5-6,8,10,15H,3-4,7,9H2,1-2H3,(H,16,17);1H. The summed E-state index contributed by atoms with van der Waals surface area (Å²) in [6.07, 6.45) is 2.72. The second-order valence-electron chi connectivity index (χ2n) is 4.62. The summed E-state index contributed by atoms with van der Waals surface area (Å²) in [5, 5.41) is 6.19.